The van der Waals surface area contributed by atoms with Crippen molar-refractivity contribution in [1.29, 1.82) is 0 Å². The quantitative estimate of drug-likeness (QED) is 0.841. The predicted molar refractivity (Wildman–Crippen MR) is 80.8 cm³/mol. The molecule has 106 valence electrons. The van der Waals surface area contributed by atoms with Crippen LogP contribution in [0.3, 0.4) is 0 Å². The minimum absolute atomic E-state index is 0.415. The Hall–Kier alpha value is -2.03. The number of amides is 1. The minimum Gasteiger partial charge on any atom is -0.410 e. The van der Waals surface area contributed by atoms with Gasteiger partial charge in [0.25, 0.3) is 0 Å². The zero-order valence-corrected chi connectivity index (χ0v) is 11.8. The fraction of sp³-hybridized carbons (Fsp3) is 0.353. The standard InChI is InChI=1S/C17H21NO2/c1-14-9-11-16(12-10-14)20-17(19)18-13-5-8-15-6-3-2-4-7-15/h2-3,5,8-12,15H,4,6-7,13H2,1H3,(H,18,19)/b8-5+. The Morgan fingerprint density at radius 1 is 1.35 bits per heavy atom. The zero-order valence-electron chi connectivity index (χ0n) is 11.8. The van der Waals surface area contributed by atoms with Crippen LogP contribution in [-0.4, -0.2) is 12.6 Å². The molecular formula is C17H21NO2. The maximum Gasteiger partial charge on any atom is 0.412 e. The van der Waals surface area contributed by atoms with E-state index in [4.69, 9.17) is 4.74 Å². The SMILES string of the molecule is Cc1ccc(OC(=O)NC/C=C/C2CC=CCC2)cc1. The number of carbonyl (C=O) groups is 1. The van der Waals surface area contributed by atoms with Gasteiger partial charge in [-0.3, -0.25) is 0 Å². The van der Waals surface area contributed by atoms with E-state index in [1.54, 1.807) is 12.1 Å². The molecule has 0 fully saturated rings. The van der Waals surface area contributed by atoms with Crippen molar-refractivity contribution in [1.82, 2.24) is 5.32 Å². The van der Waals surface area contributed by atoms with Crippen molar-refractivity contribution in [2.45, 2.75) is 26.2 Å². The van der Waals surface area contributed by atoms with Crippen molar-refractivity contribution >= 4 is 6.09 Å². The molecule has 0 bridgehead atoms. The summed E-state index contributed by atoms with van der Waals surface area (Å²) in [5.74, 6) is 1.17. The second-order valence-corrected chi connectivity index (χ2v) is 5.06. The number of nitrogens with one attached hydrogen (secondary N) is 1. The molecule has 0 saturated heterocycles. The van der Waals surface area contributed by atoms with Crippen LogP contribution in [0.15, 0.2) is 48.6 Å². The van der Waals surface area contributed by atoms with Gasteiger partial charge in [-0.25, -0.2) is 4.79 Å². The van der Waals surface area contributed by atoms with Crippen LogP contribution in [0.25, 0.3) is 0 Å². The van der Waals surface area contributed by atoms with Gasteiger partial charge in [0.1, 0.15) is 5.75 Å². The summed E-state index contributed by atoms with van der Waals surface area (Å²) in [6, 6.07) is 7.41. The third-order valence-electron chi connectivity index (χ3n) is 3.31. The number of rotatable bonds is 4. The summed E-state index contributed by atoms with van der Waals surface area (Å²) >= 11 is 0. The van der Waals surface area contributed by atoms with Gasteiger partial charge in [-0.05, 0) is 44.2 Å². The summed E-state index contributed by atoms with van der Waals surface area (Å²) in [6.45, 7) is 2.50. The fourth-order valence-electron chi connectivity index (χ4n) is 2.14. The van der Waals surface area contributed by atoms with Crippen LogP contribution in [0.2, 0.25) is 0 Å². The maximum absolute atomic E-state index is 11.6. The molecule has 1 aliphatic carbocycles. The van der Waals surface area contributed by atoms with Gasteiger partial charge in [-0.1, -0.05) is 42.0 Å². The molecule has 3 heteroatoms. The molecular weight excluding hydrogens is 250 g/mol. The van der Waals surface area contributed by atoms with Gasteiger partial charge in [0.05, 0.1) is 0 Å². The lowest BCUT2D eigenvalue weighted by atomic mass is 9.94. The summed E-state index contributed by atoms with van der Waals surface area (Å²) in [7, 11) is 0. The monoisotopic (exact) mass is 271 g/mol. The molecule has 0 aromatic heterocycles. The molecule has 1 atom stereocenters. The first-order valence-corrected chi connectivity index (χ1v) is 7.08. The Kier molecular flexibility index (Phi) is 5.42. The van der Waals surface area contributed by atoms with Gasteiger partial charge in [0.15, 0.2) is 0 Å². The molecule has 1 amide bonds. The summed E-state index contributed by atoms with van der Waals surface area (Å²) in [5, 5.41) is 2.72. The third kappa shape index (κ3) is 4.92. The average Bonchev–Trinajstić information content (AvgIpc) is 2.47. The van der Waals surface area contributed by atoms with Gasteiger partial charge in [0, 0.05) is 6.54 Å². The fourth-order valence-corrected chi connectivity index (χ4v) is 2.14. The molecule has 20 heavy (non-hydrogen) atoms. The van der Waals surface area contributed by atoms with Crippen molar-refractivity contribution in [3.8, 4) is 5.75 Å². The van der Waals surface area contributed by atoms with E-state index in [2.05, 4.69) is 23.5 Å². The summed E-state index contributed by atoms with van der Waals surface area (Å²) in [4.78, 5) is 11.6. The van der Waals surface area contributed by atoms with E-state index < -0.39 is 6.09 Å². The predicted octanol–water partition coefficient (Wildman–Crippen LogP) is 4.00. The number of hydrogen-bond donors (Lipinski definition) is 1. The third-order valence-corrected chi connectivity index (χ3v) is 3.31. The highest BCUT2D eigenvalue weighted by Gasteiger charge is 2.05. The van der Waals surface area contributed by atoms with Crippen LogP contribution >= 0.6 is 0 Å². The van der Waals surface area contributed by atoms with E-state index >= 15 is 0 Å². The Morgan fingerprint density at radius 3 is 2.85 bits per heavy atom. The van der Waals surface area contributed by atoms with Crippen LogP contribution in [0.1, 0.15) is 24.8 Å². The molecule has 0 heterocycles. The highest BCUT2D eigenvalue weighted by atomic mass is 16.5. The average molecular weight is 271 g/mol. The molecule has 3 nitrogen and oxygen atoms in total. The number of aryl methyl sites for hydroxylation is 1. The van der Waals surface area contributed by atoms with Crippen LogP contribution in [0.5, 0.6) is 5.75 Å². The Balaban J connectivity index is 1.68. The Morgan fingerprint density at radius 2 is 2.15 bits per heavy atom. The largest absolute Gasteiger partial charge is 0.412 e. The van der Waals surface area contributed by atoms with Crippen LogP contribution in [0.4, 0.5) is 4.79 Å². The first-order valence-electron chi connectivity index (χ1n) is 7.08. The number of benzene rings is 1. The summed E-state index contributed by atoms with van der Waals surface area (Å²) < 4.78 is 5.17. The minimum atomic E-state index is -0.415. The van der Waals surface area contributed by atoms with E-state index in [1.165, 1.54) is 6.42 Å². The number of carbonyl (C=O) groups excluding carboxylic acids is 1. The first kappa shape index (κ1) is 14.4. The molecule has 0 saturated carbocycles. The van der Waals surface area contributed by atoms with E-state index in [-0.39, 0.29) is 0 Å². The second-order valence-electron chi connectivity index (χ2n) is 5.06. The number of ether oxygens (including phenoxy) is 1. The summed E-state index contributed by atoms with van der Waals surface area (Å²) in [5.41, 5.74) is 1.14. The van der Waals surface area contributed by atoms with Crippen molar-refractivity contribution in [3.63, 3.8) is 0 Å². The first-order chi connectivity index (χ1) is 9.74. The van der Waals surface area contributed by atoms with Gasteiger partial charge >= 0.3 is 6.09 Å². The number of hydrogen-bond acceptors (Lipinski definition) is 2. The lowest BCUT2D eigenvalue weighted by Crippen LogP contribution is -2.26. The number of allylic oxidation sites excluding steroid dienone is 3. The molecule has 0 aliphatic heterocycles. The topological polar surface area (TPSA) is 38.3 Å². The Bertz CT molecular complexity index is 488. The molecule has 1 aromatic carbocycles. The normalized spacial score (nSPS) is 18.1. The van der Waals surface area contributed by atoms with Crippen LogP contribution in [-0.2, 0) is 0 Å². The van der Waals surface area contributed by atoms with Gasteiger partial charge in [0.2, 0.25) is 0 Å². The van der Waals surface area contributed by atoms with Crippen molar-refractivity contribution in [2.24, 2.45) is 5.92 Å². The summed E-state index contributed by atoms with van der Waals surface area (Å²) in [6.07, 6.45) is 11.7. The zero-order chi connectivity index (χ0) is 14.2. The van der Waals surface area contributed by atoms with Crippen LogP contribution in [0, 0.1) is 12.8 Å². The molecule has 1 unspecified atom stereocenters. The molecule has 2 rings (SSSR count). The van der Waals surface area contributed by atoms with Gasteiger partial charge in [-0.15, -0.1) is 0 Å². The van der Waals surface area contributed by atoms with Gasteiger partial charge < -0.3 is 10.1 Å². The van der Waals surface area contributed by atoms with E-state index in [9.17, 15) is 4.79 Å². The molecule has 0 radical (unpaired) electrons. The highest BCUT2D eigenvalue weighted by molar-refractivity contribution is 5.70. The molecule has 1 aliphatic rings. The molecule has 0 spiro atoms. The lowest BCUT2D eigenvalue weighted by molar-refractivity contribution is 0.201. The van der Waals surface area contributed by atoms with Crippen LogP contribution < -0.4 is 10.1 Å². The molecule has 1 N–H and O–H groups in total. The van der Waals surface area contributed by atoms with Crippen molar-refractivity contribution in [3.05, 3.63) is 54.1 Å². The van der Waals surface area contributed by atoms with E-state index in [1.807, 2.05) is 25.1 Å². The second kappa shape index (κ2) is 7.53. The van der Waals surface area contributed by atoms with E-state index in [0.29, 0.717) is 18.2 Å². The van der Waals surface area contributed by atoms with Crippen molar-refractivity contribution in [2.75, 3.05) is 6.54 Å². The maximum atomic E-state index is 11.6. The lowest BCUT2D eigenvalue weighted by Gasteiger charge is -2.12. The highest BCUT2D eigenvalue weighted by Crippen LogP contribution is 2.18. The van der Waals surface area contributed by atoms with E-state index in [0.717, 1.165) is 18.4 Å². The Labute approximate surface area is 120 Å². The van der Waals surface area contributed by atoms with Gasteiger partial charge in [-0.2, -0.15) is 0 Å². The van der Waals surface area contributed by atoms with Crippen molar-refractivity contribution < 1.29 is 9.53 Å². The smallest absolute Gasteiger partial charge is 0.410 e. The molecule has 1 aromatic rings.